The Hall–Kier alpha value is -1.99. The maximum Gasteiger partial charge on any atom is 0.251 e. The molecule has 114 valence electrons. The fourth-order valence-corrected chi connectivity index (χ4v) is 1.87. The van der Waals surface area contributed by atoms with Gasteiger partial charge in [0.15, 0.2) is 0 Å². The Morgan fingerprint density at radius 3 is 2.57 bits per heavy atom. The van der Waals surface area contributed by atoms with Crippen LogP contribution in [0.2, 0.25) is 0 Å². The van der Waals surface area contributed by atoms with Crippen molar-refractivity contribution in [2.75, 3.05) is 13.7 Å². The van der Waals surface area contributed by atoms with Gasteiger partial charge in [0.05, 0.1) is 19.2 Å². The molecule has 1 aromatic rings. The smallest absolute Gasteiger partial charge is 0.251 e. The van der Waals surface area contributed by atoms with E-state index in [0.717, 1.165) is 12.8 Å². The van der Waals surface area contributed by atoms with Gasteiger partial charge in [-0.15, -0.1) is 0 Å². The summed E-state index contributed by atoms with van der Waals surface area (Å²) in [5, 5.41) is 3.08. The van der Waals surface area contributed by atoms with E-state index in [9.17, 15) is 4.79 Å². The molecule has 1 rings (SSSR count). The number of benzene rings is 1. The lowest BCUT2D eigenvalue weighted by atomic mass is 9.95. The minimum Gasteiger partial charge on any atom is -0.495 e. The molecule has 0 heterocycles. The van der Waals surface area contributed by atoms with Gasteiger partial charge in [-0.25, -0.2) is 0 Å². The third kappa shape index (κ3) is 4.51. The lowest BCUT2D eigenvalue weighted by Crippen LogP contribution is -2.44. The van der Waals surface area contributed by atoms with Crippen molar-refractivity contribution in [2.45, 2.75) is 39.2 Å². The largest absolute Gasteiger partial charge is 0.495 e. The average Bonchev–Trinajstić information content (AvgIpc) is 2.52. The third-order valence-corrected chi connectivity index (χ3v) is 3.76. The first-order chi connectivity index (χ1) is 9.99. The molecule has 1 amide bonds. The summed E-state index contributed by atoms with van der Waals surface area (Å²) in [6.07, 6.45) is 1.76. The number of rotatable bonds is 5. The number of hydrogen-bond donors (Lipinski definition) is 2. The van der Waals surface area contributed by atoms with Crippen LogP contribution in [-0.2, 0) is 0 Å². The summed E-state index contributed by atoms with van der Waals surface area (Å²) < 4.78 is 5.25. The van der Waals surface area contributed by atoms with E-state index < -0.39 is 0 Å². The first-order valence-electron chi connectivity index (χ1n) is 7.19. The van der Waals surface area contributed by atoms with Gasteiger partial charge in [-0.05, 0) is 38.0 Å². The number of carbonyl (C=O) groups excluding carboxylic acids is 1. The lowest BCUT2D eigenvalue weighted by molar-refractivity contribution is 0.0901. The zero-order valence-corrected chi connectivity index (χ0v) is 13.2. The molecule has 0 bridgehead atoms. The highest BCUT2D eigenvalue weighted by molar-refractivity contribution is 5.95. The second-order valence-electron chi connectivity index (χ2n) is 5.14. The normalized spacial score (nSPS) is 10.5. The van der Waals surface area contributed by atoms with Gasteiger partial charge in [-0.3, -0.25) is 4.79 Å². The molecule has 1 aromatic carbocycles. The summed E-state index contributed by atoms with van der Waals surface area (Å²) >= 11 is 0. The Labute approximate surface area is 127 Å². The number of nitrogens with one attached hydrogen (secondary N) is 1. The van der Waals surface area contributed by atoms with Crippen molar-refractivity contribution in [1.29, 1.82) is 0 Å². The predicted molar refractivity (Wildman–Crippen MR) is 85.4 cm³/mol. The number of amides is 1. The van der Waals surface area contributed by atoms with Crippen molar-refractivity contribution in [3.8, 4) is 17.6 Å². The molecule has 0 aromatic heterocycles. The minimum absolute atomic E-state index is 0.0975. The number of carbonyl (C=O) groups is 1. The Morgan fingerprint density at radius 2 is 2.05 bits per heavy atom. The van der Waals surface area contributed by atoms with Crippen LogP contribution in [0.25, 0.3) is 0 Å². The number of nitrogens with two attached hydrogens (primary N) is 1. The van der Waals surface area contributed by atoms with Crippen LogP contribution in [-0.4, -0.2) is 25.1 Å². The highest BCUT2D eigenvalue weighted by Gasteiger charge is 2.22. The van der Waals surface area contributed by atoms with Gasteiger partial charge in [-0.2, -0.15) is 0 Å². The van der Waals surface area contributed by atoms with Crippen LogP contribution in [0.1, 0.15) is 49.5 Å². The standard InChI is InChI=1S/C17H24N2O2/c1-5-17(3,6-2)19-16(20)14-9-10-15(21-4)13(12-14)8-7-11-18/h9-10,12H,5-6,11,18H2,1-4H3,(H,19,20). The van der Waals surface area contributed by atoms with Gasteiger partial charge >= 0.3 is 0 Å². The van der Waals surface area contributed by atoms with Crippen LogP contribution < -0.4 is 15.8 Å². The van der Waals surface area contributed by atoms with Gasteiger partial charge in [0, 0.05) is 11.1 Å². The second kappa shape index (κ2) is 7.70. The van der Waals surface area contributed by atoms with Crippen LogP contribution in [0.5, 0.6) is 5.75 Å². The van der Waals surface area contributed by atoms with E-state index in [1.165, 1.54) is 0 Å². The van der Waals surface area contributed by atoms with Crippen molar-refractivity contribution in [2.24, 2.45) is 5.73 Å². The SMILES string of the molecule is CCC(C)(CC)NC(=O)c1ccc(OC)c(C#CCN)c1. The zero-order valence-electron chi connectivity index (χ0n) is 13.2. The summed E-state index contributed by atoms with van der Waals surface area (Å²) in [5.41, 5.74) is 6.44. The van der Waals surface area contributed by atoms with Crippen LogP contribution in [0.15, 0.2) is 18.2 Å². The molecule has 4 nitrogen and oxygen atoms in total. The van der Waals surface area contributed by atoms with E-state index in [2.05, 4.69) is 31.0 Å². The Bertz CT molecular complexity index is 552. The van der Waals surface area contributed by atoms with E-state index in [1.807, 2.05) is 6.92 Å². The Balaban J connectivity index is 3.06. The molecule has 21 heavy (non-hydrogen) atoms. The van der Waals surface area contributed by atoms with Gasteiger partial charge in [0.25, 0.3) is 5.91 Å². The molecule has 3 N–H and O–H groups in total. The Kier molecular flexibility index (Phi) is 6.26. The third-order valence-electron chi connectivity index (χ3n) is 3.76. The molecule has 0 unspecified atom stereocenters. The molecule has 0 saturated carbocycles. The zero-order chi connectivity index (χ0) is 15.9. The van der Waals surface area contributed by atoms with Gasteiger partial charge in [-0.1, -0.05) is 25.7 Å². The van der Waals surface area contributed by atoms with Gasteiger partial charge in [0.2, 0.25) is 0 Å². The quantitative estimate of drug-likeness (QED) is 0.817. The first kappa shape index (κ1) is 17.1. The lowest BCUT2D eigenvalue weighted by Gasteiger charge is -2.28. The maximum atomic E-state index is 12.4. The minimum atomic E-state index is -0.194. The molecule has 0 saturated heterocycles. The predicted octanol–water partition coefficient (Wildman–Crippen LogP) is 2.31. The van der Waals surface area contributed by atoms with Crippen LogP contribution in [0.4, 0.5) is 0 Å². The highest BCUT2D eigenvalue weighted by Crippen LogP contribution is 2.20. The van der Waals surface area contributed by atoms with Gasteiger partial charge < -0.3 is 15.8 Å². The topological polar surface area (TPSA) is 64.3 Å². The van der Waals surface area contributed by atoms with E-state index in [0.29, 0.717) is 16.9 Å². The number of hydrogen-bond acceptors (Lipinski definition) is 3. The van der Waals surface area contributed by atoms with E-state index >= 15 is 0 Å². The molecule has 0 aliphatic carbocycles. The van der Waals surface area contributed by atoms with Crippen LogP contribution in [0.3, 0.4) is 0 Å². The van der Waals surface area contributed by atoms with Crippen molar-refractivity contribution in [3.05, 3.63) is 29.3 Å². The molecular formula is C17H24N2O2. The molecule has 0 aliphatic rings. The van der Waals surface area contributed by atoms with E-state index in [-0.39, 0.29) is 18.0 Å². The van der Waals surface area contributed by atoms with Crippen molar-refractivity contribution in [1.82, 2.24) is 5.32 Å². The van der Waals surface area contributed by atoms with Crippen molar-refractivity contribution < 1.29 is 9.53 Å². The summed E-state index contributed by atoms with van der Waals surface area (Å²) in [4.78, 5) is 12.4. The second-order valence-corrected chi connectivity index (χ2v) is 5.14. The Morgan fingerprint density at radius 1 is 1.38 bits per heavy atom. The average molecular weight is 288 g/mol. The van der Waals surface area contributed by atoms with Gasteiger partial charge in [0.1, 0.15) is 5.75 Å². The molecule has 0 atom stereocenters. The van der Waals surface area contributed by atoms with Crippen LogP contribution >= 0.6 is 0 Å². The molecule has 0 fully saturated rings. The number of methoxy groups -OCH3 is 1. The maximum absolute atomic E-state index is 12.4. The summed E-state index contributed by atoms with van der Waals surface area (Å²) in [6.45, 7) is 6.44. The van der Waals surface area contributed by atoms with Crippen LogP contribution in [0, 0.1) is 11.8 Å². The van der Waals surface area contributed by atoms with E-state index in [1.54, 1.807) is 25.3 Å². The summed E-state index contributed by atoms with van der Waals surface area (Å²) in [5.74, 6) is 6.25. The molecular weight excluding hydrogens is 264 g/mol. The summed E-state index contributed by atoms with van der Waals surface area (Å²) in [7, 11) is 1.58. The fourth-order valence-electron chi connectivity index (χ4n) is 1.87. The van der Waals surface area contributed by atoms with Crippen molar-refractivity contribution >= 4 is 5.91 Å². The monoisotopic (exact) mass is 288 g/mol. The molecule has 0 spiro atoms. The van der Waals surface area contributed by atoms with E-state index in [4.69, 9.17) is 10.5 Å². The molecule has 4 heteroatoms. The molecule has 0 aliphatic heterocycles. The first-order valence-corrected chi connectivity index (χ1v) is 7.19. The summed E-state index contributed by atoms with van der Waals surface area (Å²) in [6, 6.07) is 5.24. The van der Waals surface area contributed by atoms with Crippen molar-refractivity contribution in [3.63, 3.8) is 0 Å². The number of ether oxygens (including phenoxy) is 1. The molecule has 0 radical (unpaired) electrons. The highest BCUT2D eigenvalue weighted by atomic mass is 16.5. The fraction of sp³-hybridized carbons (Fsp3) is 0.471.